The minimum absolute atomic E-state index is 0.0102. The van der Waals surface area contributed by atoms with Crippen LogP contribution in [0.3, 0.4) is 0 Å². The molecule has 0 fully saturated rings. The van der Waals surface area contributed by atoms with Crippen LogP contribution < -0.4 is 9.64 Å². The molecule has 138 valence electrons. The lowest BCUT2D eigenvalue weighted by Crippen LogP contribution is -2.37. The van der Waals surface area contributed by atoms with E-state index in [0.29, 0.717) is 29.3 Å². The van der Waals surface area contributed by atoms with Crippen molar-refractivity contribution < 1.29 is 23.5 Å². The number of anilines is 1. The van der Waals surface area contributed by atoms with Gasteiger partial charge in [0.15, 0.2) is 0 Å². The molecule has 2 aliphatic heterocycles. The van der Waals surface area contributed by atoms with E-state index >= 15 is 0 Å². The molecule has 0 spiro atoms. The third-order valence-corrected chi connectivity index (χ3v) is 4.78. The highest BCUT2D eigenvalue weighted by molar-refractivity contribution is 6.06. The molecule has 2 aliphatic rings. The van der Waals surface area contributed by atoms with Crippen LogP contribution in [-0.4, -0.2) is 25.1 Å². The molecule has 2 aromatic rings. The number of nitrogens with zero attached hydrogens (tertiary/aromatic N) is 1. The van der Waals surface area contributed by atoms with Gasteiger partial charge in [-0.3, -0.25) is 9.69 Å². The van der Waals surface area contributed by atoms with Crippen molar-refractivity contribution in [3.8, 4) is 5.75 Å². The summed E-state index contributed by atoms with van der Waals surface area (Å²) < 4.78 is 24.6. The van der Waals surface area contributed by atoms with Crippen LogP contribution in [0.15, 0.2) is 59.8 Å². The summed E-state index contributed by atoms with van der Waals surface area (Å²) in [7, 11) is 0. The SMILES string of the molecule is CCOc1ccccc1[C@@H]1CC(=O)N(c2cccc(F)c2)C2=C1C(=O)OC2. The number of para-hydroxylation sites is 1. The maximum Gasteiger partial charge on any atom is 0.336 e. The molecule has 0 unspecified atom stereocenters. The lowest BCUT2D eigenvalue weighted by Gasteiger charge is -2.32. The number of amides is 1. The van der Waals surface area contributed by atoms with Gasteiger partial charge in [0, 0.05) is 17.9 Å². The predicted octanol–water partition coefficient (Wildman–Crippen LogP) is 3.56. The Balaban J connectivity index is 1.84. The molecule has 27 heavy (non-hydrogen) atoms. The Morgan fingerprint density at radius 1 is 1.19 bits per heavy atom. The molecule has 0 bridgehead atoms. The van der Waals surface area contributed by atoms with Crippen LogP contribution in [0.5, 0.6) is 5.75 Å². The van der Waals surface area contributed by atoms with Crippen molar-refractivity contribution >= 4 is 17.6 Å². The first kappa shape index (κ1) is 17.3. The van der Waals surface area contributed by atoms with E-state index in [9.17, 15) is 14.0 Å². The van der Waals surface area contributed by atoms with Crippen molar-refractivity contribution in [2.75, 3.05) is 18.1 Å². The zero-order valence-electron chi connectivity index (χ0n) is 14.8. The van der Waals surface area contributed by atoms with Gasteiger partial charge < -0.3 is 9.47 Å². The van der Waals surface area contributed by atoms with Crippen molar-refractivity contribution in [3.05, 3.63) is 71.2 Å². The second kappa shape index (κ2) is 6.87. The Morgan fingerprint density at radius 2 is 2.00 bits per heavy atom. The van der Waals surface area contributed by atoms with E-state index in [1.165, 1.54) is 23.1 Å². The van der Waals surface area contributed by atoms with Crippen molar-refractivity contribution in [1.82, 2.24) is 0 Å². The molecule has 2 aromatic carbocycles. The smallest absolute Gasteiger partial charge is 0.336 e. The quantitative estimate of drug-likeness (QED) is 0.776. The predicted molar refractivity (Wildman–Crippen MR) is 96.8 cm³/mol. The van der Waals surface area contributed by atoms with E-state index in [1.54, 1.807) is 6.07 Å². The van der Waals surface area contributed by atoms with Gasteiger partial charge in [0.2, 0.25) is 5.91 Å². The number of ether oxygens (including phenoxy) is 2. The summed E-state index contributed by atoms with van der Waals surface area (Å²) in [6, 6.07) is 13.1. The highest BCUT2D eigenvalue weighted by atomic mass is 19.1. The van der Waals surface area contributed by atoms with Crippen molar-refractivity contribution in [3.63, 3.8) is 0 Å². The summed E-state index contributed by atoms with van der Waals surface area (Å²) in [6.07, 6.45) is 0.0779. The second-order valence-corrected chi connectivity index (χ2v) is 6.37. The summed E-state index contributed by atoms with van der Waals surface area (Å²) in [6.45, 7) is 2.34. The van der Waals surface area contributed by atoms with Crippen LogP contribution in [0.2, 0.25) is 0 Å². The molecule has 1 atom stereocenters. The molecule has 6 heteroatoms. The van der Waals surface area contributed by atoms with Gasteiger partial charge in [-0.1, -0.05) is 24.3 Å². The molecule has 0 radical (unpaired) electrons. The van der Waals surface area contributed by atoms with Gasteiger partial charge in [-0.2, -0.15) is 0 Å². The van der Waals surface area contributed by atoms with Gasteiger partial charge in [0.1, 0.15) is 18.2 Å². The molecule has 0 N–H and O–H groups in total. The van der Waals surface area contributed by atoms with Gasteiger partial charge in [0.05, 0.1) is 23.6 Å². The van der Waals surface area contributed by atoms with Crippen molar-refractivity contribution in [1.29, 1.82) is 0 Å². The Hall–Kier alpha value is -3.15. The van der Waals surface area contributed by atoms with E-state index < -0.39 is 17.7 Å². The van der Waals surface area contributed by atoms with E-state index in [0.717, 1.165) is 5.56 Å². The van der Waals surface area contributed by atoms with Crippen LogP contribution in [0.4, 0.5) is 10.1 Å². The summed E-state index contributed by atoms with van der Waals surface area (Å²) in [5, 5.41) is 0. The molecule has 0 saturated carbocycles. The lowest BCUT2D eigenvalue weighted by atomic mass is 9.83. The highest BCUT2D eigenvalue weighted by Crippen LogP contribution is 2.44. The minimum Gasteiger partial charge on any atom is -0.494 e. The fourth-order valence-corrected chi connectivity index (χ4v) is 3.69. The first-order chi connectivity index (χ1) is 13.1. The fourth-order valence-electron chi connectivity index (χ4n) is 3.69. The normalized spacial score (nSPS) is 19.2. The monoisotopic (exact) mass is 367 g/mol. The molecule has 4 rings (SSSR count). The van der Waals surface area contributed by atoms with Gasteiger partial charge >= 0.3 is 5.97 Å². The standard InChI is InChI=1S/C21H18FNO4/c1-2-26-18-9-4-3-8-15(18)16-11-19(24)23(14-7-5-6-13(22)10-14)17-12-27-21(25)20(16)17/h3-10,16H,2,11-12H2,1H3/t16-/m0/s1. The average molecular weight is 367 g/mol. The average Bonchev–Trinajstić information content (AvgIpc) is 3.03. The molecular formula is C21H18FNO4. The van der Waals surface area contributed by atoms with Crippen molar-refractivity contribution in [2.45, 2.75) is 19.3 Å². The Morgan fingerprint density at radius 3 is 2.78 bits per heavy atom. The molecule has 0 aromatic heterocycles. The zero-order valence-corrected chi connectivity index (χ0v) is 14.8. The number of esters is 1. The summed E-state index contributed by atoms with van der Waals surface area (Å²) in [5.41, 5.74) is 2.07. The molecule has 5 nitrogen and oxygen atoms in total. The fraction of sp³-hybridized carbons (Fsp3) is 0.238. The number of hydrogen-bond donors (Lipinski definition) is 0. The number of halogens is 1. The van der Waals surface area contributed by atoms with Crippen LogP contribution in [0.25, 0.3) is 0 Å². The number of hydrogen-bond acceptors (Lipinski definition) is 4. The number of carbonyl (C=O) groups is 2. The maximum absolute atomic E-state index is 13.7. The molecule has 0 saturated heterocycles. The summed E-state index contributed by atoms with van der Waals surface area (Å²) in [4.78, 5) is 26.8. The van der Waals surface area contributed by atoms with Gasteiger partial charge in [-0.15, -0.1) is 0 Å². The number of rotatable bonds is 4. The third kappa shape index (κ3) is 2.97. The van der Waals surface area contributed by atoms with Crippen LogP contribution >= 0.6 is 0 Å². The van der Waals surface area contributed by atoms with E-state index in [1.807, 2.05) is 31.2 Å². The van der Waals surface area contributed by atoms with Crippen LogP contribution in [0, 0.1) is 5.82 Å². The maximum atomic E-state index is 13.7. The van der Waals surface area contributed by atoms with E-state index in [4.69, 9.17) is 9.47 Å². The largest absolute Gasteiger partial charge is 0.494 e. The highest BCUT2D eigenvalue weighted by Gasteiger charge is 2.43. The minimum atomic E-state index is -0.449. The number of benzene rings is 2. The number of carbonyl (C=O) groups excluding carboxylic acids is 2. The van der Waals surface area contributed by atoms with Crippen LogP contribution in [-0.2, 0) is 14.3 Å². The summed E-state index contributed by atoms with van der Waals surface area (Å²) >= 11 is 0. The third-order valence-electron chi connectivity index (χ3n) is 4.78. The van der Waals surface area contributed by atoms with E-state index in [-0.39, 0.29) is 18.9 Å². The summed E-state index contributed by atoms with van der Waals surface area (Å²) in [5.74, 6) is -0.917. The van der Waals surface area contributed by atoms with Gasteiger partial charge in [-0.05, 0) is 31.2 Å². The Labute approximate surface area is 156 Å². The molecular weight excluding hydrogens is 349 g/mol. The molecule has 2 heterocycles. The first-order valence-corrected chi connectivity index (χ1v) is 8.80. The van der Waals surface area contributed by atoms with Crippen LogP contribution in [0.1, 0.15) is 24.8 Å². The zero-order chi connectivity index (χ0) is 19.0. The van der Waals surface area contributed by atoms with Gasteiger partial charge in [-0.25, -0.2) is 9.18 Å². The second-order valence-electron chi connectivity index (χ2n) is 6.37. The molecule has 1 amide bonds. The topological polar surface area (TPSA) is 55.8 Å². The van der Waals surface area contributed by atoms with E-state index in [2.05, 4.69) is 0 Å². The Bertz CT molecular complexity index is 953. The molecule has 0 aliphatic carbocycles. The lowest BCUT2D eigenvalue weighted by molar-refractivity contribution is -0.136. The first-order valence-electron chi connectivity index (χ1n) is 8.80. The van der Waals surface area contributed by atoms with Crippen molar-refractivity contribution in [2.24, 2.45) is 0 Å². The van der Waals surface area contributed by atoms with Gasteiger partial charge in [0.25, 0.3) is 0 Å². The number of cyclic esters (lactones) is 1. The Kier molecular flexibility index (Phi) is 4.39.